The second kappa shape index (κ2) is 3.39. The van der Waals surface area contributed by atoms with Crippen LogP contribution in [0.2, 0.25) is 0 Å². The first-order valence-corrected chi connectivity index (χ1v) is 4.94. The zero-order valence-electron chi connectivity index (χ0n) is 6.99. The van der Waals surface area contributed by atoms with Gasteiger partial charge in [0.05, 0.1) is 0 Å². The Morgan fingerprint density at radius 1 is 1.62 bits per heavy atom. The molecule has 0 unspecified atom stereocenters. The fourth-order valence-corrected chi connectivity index (χ4v) is 1.56. The zero-order valence-corrected chi connectivity index (χ0v) is 7.80. The van der Waals surface area contributed by atoms with Gasteiger partial charge in [-0.05, 0) is 12.8 Å². The summed E-state index contributed by atoms with van der Waals surface area (Å²) in [7, 11) is 0. The van der Waals surface area contributed by atoms with Crippen molar-refractivity contribution in [2.24, 2.45) is 11.7 Å². The molecule has 70 valence electrons. The van der Waals surface area contributed by atoms with Crippen LogP contribution in [0.15, 0.2) is 0 Å². The molecule has 1 fully saturated rings. The molecule has 6 heteroatoms. The van der Waals surface area contributed by atoms with E-state index in [1.807, 2.05) is 0 Å². The van der Waals surface area contributed by atoms with Crippen LogP contribution in [0.5, 0.6) is 0 Å². The molecule has 1 aliphatic carbocycles. The first-order chi connectivity index (χ1) is 6.29. The molecule has 1 aromatic rings. The summed E-state index contributed by atoms with van der Waals surface area (Å²) in [6, 6.07) is 0. The van der Waals surface area contributed by atoms with Gasteiger partial charge in [0.15, 0.2) is 0 Å². The van der Waals surface area contributed by atoms with Gasteiger partial charge >= 0.3 is 0 Å². The van der Waals surface area contributed by atoms with Gasteiger partial charge in [-0.3, -0.25) is 4.79 Å². The average molecular weight is 198 g/mol. The van der Waals surface area contributed by atoms with Crippen LogP contribution in [0.4, 0.5) is 5.13 Å². The average Bonchev–Trinajstić information content (AvgIpc) is 2.88. The monoisotopic (exact) mass is 198 g/mol. The van der Waals surface area contributed by atoms with E-state index in [1.165, 1.54) is 11.3 Å². The Bertz CT molecular complexity index is 320. The Labute approximate surface area is 79.3 Å². The van der Waals surface area contributed by atoms with E-state index in [4.69, 9.17) is 5.73 Å². The number of anilines is 1. The van der Waals surface area contributed by atoms with Gasteiger partial charge in [-0.15, -0.1) is 10.2 Å². The molecule has 3 N–H and O–H groups in total. The summed E-state index contributed by atoms with van der Waals surface area (Å²) in [5.41, 5.74) is 5.36. The highest BCUT2D eigenvalue weighted by Gasteiger charge is 2.30. The Morgan fingerprint density at radius 2 is 2.38 bits per heavy atom. The maximum absolute atomic E-state index is 11.3. The van der Waals surface area contributed by atoms with Crippen LogP contribution in [-0.2, 0) is 11.3 Å². The van der Waals surface area contributed by atoms with Crippen LogP contribution < -0.4 is 11.1 Å². The van der Waals surface area contributed by atoms with E-state index in [-0.39, 0.29) is 11.8 Å². The van der Waals surface area contributed by atoms with Crippen LogP contribution in [0.1, 0.15) is 17.8 Å². The number of rotatable bonds is 3. The van der Waals surface area contributed by atoms with Gasteiger partial charge in [-0.1, -0.05) is 11.3 Å². The number of amides is 1. The van der Waals surface area contributed by atoms with Gasteiger partial charge < -0.3 is 11.1 Å². The molecule has 0 radical (unpaired) electrons. The second-order valence-electron chi connectivity index (χ2n) is 2.97. The zero-order chi connectivity index (χ0) is 9.26. The van der Waals surface area contributed by atoms with Crippen LogP contribution in [0.3, 0.4) is 0 Å². The van der Waals surface area contributed by atoms with Crippen molar-refractivity contribution in [1.82, 2.24) is 10.2 Å². The summed E-state index contributed by atoms with van der Waals surface area (Å²) < 4.78 is 0. The third-order valence-electron chi connectivity index (χ3n) is 1.82. The van der Waals surface area contributed by atoms with Gasteiger partial charge in [0.25, 0.3) is 0 Å². The minimum Gasteiger partial charge on any atom is -0.324 e. The standard InChI is InChI=1S/C7H10N4OS/c8-3-5-10-11-7(13-5)9-6(12)4-1-2-4/h4H,1-3,8H2,(H,9,11,12). The molecule has 0 aromatic carbocycles. The number of nitrogens with one attached hydrogen (secondary N) is 1. The lowest BCUT2D eigenvalue weighted by Crippen LogP contribution is -2.12. The Hall–Kier alpha value is -1.01. The molecule has 0 atom stereocenters. The molecular weight excluding hydrogens is 188 g/mol. The smallest absolute Gasteiger partial charge is 0.229 e. The van der Waals surface area contributed by atoms with Crippen molar-refractivity contribution in [2.75, 3.05) is 5.32 Å². The Balaban J connectivity index is 1.96. The number of nitrogens with two attached hydrogens (primary N) is 1. The number of nitrogens with zero attached hydrogens (tertiary/aromatic N) is 2. The summed E-state index contributed by atoms with van der Waals surface area (Å²) in [5, 5.41) is 11.6. The van der Waals surface area contributed by atoms with Crippen LogP contribution in [0.25, 0.3) is 0 Å². The first kappa shape index (κ1) is 8.58. The minimum atomic E-state index is 0.0553. The molecule has 5 nitrogen and oxygen atoms in total. The van der Waals surface area contributed by atoms with Crippen molar-refractivity contribution in [1.29, 1.82) is 0 Å². The van der Waals surface area contributed by atoms with Gasteiger partial charge in [-0.25, -0.2) is 0 Å². The highest BCUT2D eigenvalue weighted by atomic mass is 32.1. The van der Waals surface area contributed by atoms with Crippen molar-refractivity contribution in [3.8, 4) is 0 Å². The third kappa shape index (κ3) is 2.02. The fourth-order valence-electron chi connectivity index (χ4n) is 0.940. The number of carbonyl (C=O) groups excluding carboxylic acids is 1. The molecule has 13 heavy (non-hydrogen) atoms. The van der Waals surface area contributed by atoms with E-state index in [2.05, 4.69) is 15.5 Å². The van der Waals surface area contributed by atoms with Crippen molar-refractivity contribution in [3.63, 3.8) is 0 Å². The van der Waals surface area contributed by atoms with Crippen molar-refractivity contribution in [2.45, 2.75) is 19.4 Å². The molecule has 0 saturated heterocycles. The van der Waals surface area contributed by atoms with E-state index in [9.17, 15) is 4.79 Å². The molecule has 1 aromatic heterocycles. The van der Waals surface area contributed by atoms with Gasteiger partial charge in [0.1, 0.15) is 5.01 Å². The van der Waals surface area contributed by atoms with E-state index in [1.54, 1.807) is 0 Å². The summed E-state index contributed by atoms with van der Waals surface area (Å²) >= 11 is 1.33. The van der Waals surface area contributed by atoms with E-state index >= 15 is 0 Å². The van der Waals surface area contributed by atoms with E-state index in [0.29, 0.717) is 11.7 Å². The third-order valence-corrected chi connectivity index (χ3v) is 2.68. The van der Waals surface area contributed by atoms with Crippen LogP contribution >= 0.6 is 11.3 Å². The SMILES string of the molecule is NCc1nnc(NC(=O)C2CC2)s1. The molecular formula is C7H10N4OS. The predicted molar refractivity (Wildman–Crippen MR) is 49.2 cm³/mol. The van der Waals surface area contributed by atoms with E-state index < -0.39 is 0 Å². The summed E-state index contributed by atoms with van der Waals surface area (Å²) in [6.07, 6.45) is 1.99. The molecule has 0 bridgehead atoms. The largest absolute Gasteiger partial charge is 0.324 e. The van der Waals surface area contributed by atoms with Crippen LogP contribution in [0, 0.1) is 5.92 Å². The number of carbonyl (C=O) groups is 1. The number of aromatic nitrogens is 2. The predicted octanol–water partition coefficient (Wildman–Crippen LogP) is 0.345. The lowest BCUT2D eigenvalue weighted by atomic mass is 10.4. The fraction of sp³-hybridized carbons (Fsp3) is 0.571. The van der Waals surface area contributed by atoms with Crippen molar-refractivity contribution in [3.05, 3.63) is 5.01 Å². The molecule has 1 saturated carbocycles. The number of hydrogen-bond donors (Lipinski definition) is 2. The van der Waals surface area contributed by atoms with E-state index in [0.717, 1.165) is 17.8 Å². The highest BCUT2D eigenvalue weighted by molar-refractivity contribution is 7.15. The molecule has 1 heterocycles. The minimum absolute atomic E-state index is 0.0553. The Kier molecular flexibility index (Phi) is 2.24. The quantitative estimate of drug-likeness (QED) is 0.734. The van der Waals surface area contributed by atoms with Gasteiger partial charge in [0, 0.05) is 12.5 Å². The molecule has 0 spiro atoms. The molecule has 1 aliphatic rings. The maximum Gasteiger partial charge on any atom is 0.229 e. The second-order valence-corrected chi connectivity index (χ2v) is 4.03. The molecule has 0 aliphatic heterocycles. The Morgan fingerprint density at radius 3 is 2.92 bits per heavy atom. The summed E-state index contributed by atoms with van der Waals surface area (Å²) in [6.45, 7) is 0.372. The number of hydrogen-bond acceptors (Lipinski definition) is 5. The van der Waals surface area contributed by atoms with Crippen molar-refractivity contribution >= 4 is 22.4 Å². The van der Waals surface area contributed by atoms with Gasteiger partial charge in [-0.2, -0.15) is 0 Å². The van der Waals surface area contributed by atoms with Crippen molar-refractivity contribution < 1.29 is 4.79 Å². The summed E-state index contributed by atoms with van der Waals surface area (Å²) in [4.78, 5) is 11.3. The molecule has 1 amide bonds. The highest BCUT2D eigenvalue weighted by Crippen LogP contribution is 2.30. The van der Waals surface area contributed by atoms with Crippen LogP contribution in [-0.4, -0.2) is 16.1 Å². The van der Waals surface area contributed by atoms with Gasteiger partial charge in [0.2, 0.25) is 11.0 Å². The lowest BCUT2D eigenvalue weighted by Gasteiger charge is -1.95. The maximum atomic E-state index is 11.3. The lowest BCUT2D eigenvalue weighted by molar-refractivity contribution is -0.117. The molecule has 2 rings (SSSR count). The normalized spacial score (nSPS) is 15.8. The topological polar surface area (TPSA) is 80.9 Å². The summed E-state index contributed by atoms with van der Waals surface area (Å²) in [5.74, 6) is 0.255. The first-order valence-electron chi connectivity index (χ1n) is 4.13.